The predicted octanol–water partition coefficient (Wildman–Crippen LogP) is 6.12. The zero-order chi connectivity index (χ0) is 32.1. The summed E-state index contributed by atoms with van der Waals surface area (Å²) in [6.45, 7) is 17.5. The molecule has 1 aliphatic carbocycles. The highest BCUT2D eigenvalue weighted by Crippen LogP contribution is 2.41. The Morgan fingerprint density at radius 3 is 2.34 bits per heavy atom. The van der Waals surface area contributed by atoms with Gasteiger partial charge in [0.1, 0.15) is 31.0 Å². The highest BCUT2D eigenvalue weighted by molar-refractivity contribution is 7.89. The molecule has 0 radical (unpaired) electrons. The molecule has 0 aromatic heterocycles. The minimum absolute atomic E-state index is 0.0174. The molecule has 0 amide bonds. The summed E-state index contributed by atoms with van der Waals surface area (Å²) >= 11 is 0. The van der Waals surface area contributed by atoms with Crippen LogP contribution in [0.1, 0.15) is 54.9 Å². The van der Waals surface area contributed by atoms with Crippen LogP contribution in [0.15, 0.2) is 70.0 Å². The first-order valence-corrected chi connectivity index (χ1v) is 17.1. The Labute approximate surface area is 261 Å². The number of ether oxygens (including phenoxy) is 1. The van der Waals surface area contributed by atoms with Gasteiger partial charge in [-0.05, 0) is 83.9 Å². The highest BCUT2D eigenvalue weighted by Gasteiger charge is 2.27. The van der Waals surface area contributed by atoms with E-state index in [1.807, 2.05) is 26.8 Å². The van der Waals surface area contributed by atoms with Gasteiger partial charge in [-0.15, -0.1) is 0 Å². The fraction of sp³-hybridized carbons (Fsp3) is 0.429. The van der Waals surface area contributed by atoms with Gasteiger partial charge in [-0.2, -0.15) is 0 Å². The fourth-order valence-electron chi connectivity index (χ4n) is 5.31. The number of hydrogen-bond donors (Lipinski definition) is 1. The number of benzene rings is 3. The molecule has 1 N–H and O–H groups in total. The summed E-state index contributed by atoms with van der Waals surface area (Å²) in [4.78, 5) is 14.7. The number of carbonyl (C=O) groups excluding carboxylic acids is 1. The molecule has 8 nitrogen and oxygen atoms in total. The Hall–Kier alpha value is -3.69. The number of sulfonamides is 1. The molecule has 0 unspecified atom stereocenters. The lowest BCUT2D eigenvalue weighted by atomic mass is 9.91. The van der Waals surface area contributed by atoms with Crippen LogP contribution in [0.2, 0.25) is 0 Å². The lowest BCUT2D eigenvalue weighted by molar-refractivity contribution is -0.153. The van der Waals surface area contributed by atoms with Crippen LogP contribution >= 0.6 is 0 Å². The second-order valence-corrected chi connectivity index (χ2v) is 13.2. The van der Waals surface area contributed by atoms with Gasteiger partial charge in [0.2, 0.25) is 15.4 Å². The monoisotopic (exact) mass is 620 g/mol. The molecule has 0 fully saturated rings. The smallest absolute Gasteiger partial charge is 0.311 e. The van der Waals surface area contributed by atoms with Gasteiger partial charge in [0.15, 0.2) is 0 Å². The number of carbonyl (C=O) groups is 1. The molecule has 0 bridgehead atoms. The molecule has 2 aliphatic rings. The van der Waals surface area contributed by atoms with Gasteiger partial charge in [0, 0.05) is 54.0 Å². The minimum atomic E-state index is -3.86. The average molecular weight is 621 g/mol. The van der Waals surface area contributed by atoms with E-state index in [1.54, 1.807) is 18.2 Å². The number of esters is 1. The summed E-state index contributed by atoms with van der Waals surface area (Å²) in [7, 11) is -3.86. The first kappa shape index (κ1) is 33.2. The maximum atomic E-state index is 13.3. The van der Waals surface area contributed by atoms with Crippen LogP contribution in [-0.2, 0) is 19.6 Å². The van der Waals surface area contributed by atoms with Crippen LogP contribution in [0.25, 0.3) is 33.4 Å². The lowest BCUT2D eigenvalue weighted by Gasteiger charge is -2.22. The third-order valence-electron chi connectivity index (χ3n) is 8.44. The van der Waals surface area contributed by atoms with Gasteiger partial charge >= 0.3 is 5.97 Å². The van der Waals surface area contributed by atoms with Crippen molar-refractivity contribution < 1.29 is 22.4 Å². The van der Waals surface area contributed by atoms with Crippen molar-refractivity contribution in [3.63, 3.8) is 0 Å². The predicted molar refractivity (Wildman–Crippen MR) is 178 cm³/mol. The molecular formula is C35H46N3O5S+. The molecule has 4 rings (SSSR count). The van der Waals surface area contributed by atoms with Gasteiger partial charge < -0.3 is 14.1 Å². The molecule has 0 spiro atoms. The van der Waals surface area contributed by atoms with Crippen LogP contribution in [-0.4, -0.2) is 53.7 Å². The zero-order valence-corrected chi connectivity index (χ0v) is 27.9. The molecule has 2 aromatic carbocycles. The van der Waals surface area contributed by atoms with Crippen LogP contribution < -0.4 is 19.6 Å². The van der Waals surface area contributed by atoms with Crippen molar-refractivity contribution in [1.29, 1.82) is 0 Å². The van der Waals surface area contributed by atoms with Crippen LogP contribution in [0, 0.1) is 5.41 Å². The highest BCUT2D eigenvalue weighted by atomic mass is 32.2. The number of nitrogens with zero attached hydrogens (tertiary/aromatic N) is 2. The number of nitrogens with one attached hydrogen (secondary N) is 1. The number of anilines is 1. The van der Waals surface area contributed by atoms with E-state index in [2.05, 4.69) is 78.3 Å². The van der Waals surface area contributed by atoms with Crippen molar-refractivity contribution in [2.45, 2.75) is 59.8 Å². The summed E-state index contributed by atoms with van der Waals surface area (Å²) in [6.07, 6.45) is 0.633. The Kier molecular flexibility index (Phi) is 10.5. The second kappa shape index (κ2) is 13.9. The molecule has 2 aromatic rings. The first-order chi connectivity index (χ1) is 21.0. The van der Waals surface area contributed by atoms with E-state index < -0.39 is 15.4 Å². The van der Waals surface area contributed by atoms with Crippen LogP contribution in [0.4, 0.5) is 5.69 Å². The largest absolute Gasteiger partial charge is 0.464 e. The van der Waals surface area contributed by atoms with E-state index in [-0.39, 0.29) is 24.0 Å². The molecule has 9 heteroatoms. The molecule has 0 atom stereocenters. The summed E-state index contributed by atoms with van der Waals surface area (Å²) in [5.74, 6) is 0.388. The topological polar surface area (TPSA) is 91.9 Å². The van der Waals surface area contributed by atoms with Crippen molar-refractivity contribution in [2.24, 2.45) is 5.41 Å². The SMILES string of the molecule is CCN(CC)c1ccc2c(-c3cccc(S(=O)(=O)NCCOC(=O)C(C)(C)CC)c3)c3ccc(=[N+](CC)CC)cc-3oc2c1. The third kappa shape index (κ3) is 7.00. The summed E-state index contributed by atoms with van der Waals surface area (Å²) in [5.41, 5.74) is 3.76. The minimum Gasteiger partial charge on any atom is -0.464 e. The maximum absolute atomic E-state index is 13.3. The Morgan fingerprint density at radius 1 is 0.955 bits per heavy atom. The molecule has 236 valence electrons. The summed E-state index contributed by atoms with van der Waals surface area (Å²) in [5, 5.41) is 1.97. The maximum Gasteiger partial charge on any atom is 0.311 e. The van der Waals surface area contributed by atoms with Crippen LogP contribution in [0.5, 0.6) is 0 Å². The van der Waals surface area contributed by atoms with Gasteiger partial charge in [0.05, 0.1) is 16.4 Å². The van der Waals surface area contributed by atoms with Gasteiger partial charge in [-0.25, -0.2) is 17.7 Å². The quantitative estimate of drug-likeness (QED) is 0.0838. The standard InChI is InChI=1S/C35H46N3O5S/c1-8-35(6,7)34(39)42-21-20-36-44(40,41)28-15-13-14-25(22-28)33-29-18-16-26(37(9-2)10-3)23-31(29)43-32-24-27(17-19-30(32)33)38(11-4)12-5/h13-19,22-24,36H,8-12,20-21H2,1-7H3/q+1. The number of fused-ring (bicyclic) bond motifs is 2. The molecule has 0 saturated heterocycles. The average Bonchev–Trinajstić information content (AvgIpc) is 3.02. The van der Waals surface area contributed by atoms with Gasteiger partial charge in [-0.1, -0.05) is 19.1 Å². The lowest BCUT2D eigenvalue weighted by Crippen LogP contribution is -2.31. The number of rotatable bonds is 13. The normalized spacial score (nSPS) is 12.1. The van der Waals surface area contributed by atoms with Crippen molar-refractivity contribution in [1.82, 2.24) is 9.30 Å². The van der Waals surface area contributed by atoms with E-state index in [1.165, 1.54) is 0 Å². The molecule has 44 heavy (non-hydrogen) atoms. The van der Waals surface area contributed by atoms with Crippen molar-refractivity contribution >= 4 is 32.6 Å². The molecule has 1 heterocycles. The van der Waals surface area contributed by atoms with Crippen LogP contribution in [0.3, 0.4) is 0 Å². The first-order valence-electron chi connectivity index (χ1n) is 15.6. The molecule has 0 saturated carbocycles. The van der Waals surface area contributed by atoms with E-state index in [0.717, 1.165) is 70.6 Å². The Bertz CT molecular complexity index is 1760. The number of hydrogen-bond acceptors (Lipinski definition) is 6. The summed E-state index contributed by atoms with van der Waals surface area (Å²) < 4.78 is 43.4. The van der Waals surface area contributed by atoms with Gasteiger partial charge in [-0.3, -0.25) is 4.79 Å². The fourth-order valence-corrected chi connectivity index (χ4v) is 6.37. The van der Waals surface area contributed by atoms with E-state index in [0.29, 0.717) is 6.42 Å². The summed E-state index contributed by atoms with van der Waals surface area (Å²) in [6, 6.07) is 19.4. The zero-order valence-electron chi connectivity index (χ0n) is 27.1. The van der Waals surface area contributed by atoms with E-state index in [4.69, 9.17) is 9.15 Å². The van der Waals surface area contributed by atoms with E-state index in [9.17, 15) is 13.2 Å². The molecule has 1 aliphatic heterocycles. The second-order valence-electron chi connectivity index (χ2n) is 11.5. The third-order valence-corrected chi connectivity index (χ3v) is 9.90. The Morgan fingerprint density at radius 2 is 1.68 bits per heavy atom. The van der Waals surface area contributed by atoms with Crippen molar-refractivity contribution in [2.75, 3.05) is 44.2 Å². The van der Waals surface area contributed by atoms with Crippen molar-refractivity contribution in [3.8, 4) is 22.5 Å². The van der Waals surface area contributed by atoms with Gasteiger partial charge in [0.25, 0.3) is 0 Å². The Balaban J connectivity index is 1.79. The van der Waals surface area contributed by atoms with Crippen molar-refractivity contribution in [3.05, 3.63) is 66.0 Å². The molecular weight excluding hydrogens is 574 g/mol. The van der Waals surface area contributed by atoms with E-state index >= 15 is 0 Å².